The van der Waals surface area contributed by atoms with E-state index in [2.05, 4.69) is 4.74 Å². The minimum atomic E-state index is -2.96. The van der Waals surface area contributed by atoms with Gasteiger partial charge in [0.25, 0.3) is 0 Å². The van der Waals surface area contributed by atoms with Gasteiger partial charge in [-0.2, -0.15) is 8.78 Å². The predicted octanol–water partition coefficient (Wildman–Crippen LogP) is 3.00. The largest absolute Gasteiger partial charge is 0.490 e. The third kappa shape index (κ3) is 4.45. The molecule has 0 bridgehead atoms. The van der Waals surface area contributed by atoms with E-state index in [1.807, 2.05) is 18.2 Å². The first kappa shape index (κ1) is 21.4. The molecule has 2 aromatic carbocycles. The molecule has 0 spiro atoms. The average Bonchev–Trinajstić information content (AvgIpc) is 2.95. The lowest BCUT2D eigenvalue weighted by Crippen LogP contribution is -2.33. The van der Waals surface area contributed by atoms with Gasteiger partial charge in [-0.15, -0.1) is 0 Å². The van der Waals surface area contributed by atoms with E-state index < -0.39 is 6.61 Å². The fraction of sp³-hybridized carbons (Fsp3) is 0.333. The number of alkyl halides is 2. The number of rotatable bonds is 8. The summed E-state index contributed by atoms with van der Waals surface area (Å²) in [6.07, 6.45) is 0. The molecule has 1 amide bonds. The average molecular weight is 419 g/mol. The Kier molecular flexibility index (Phi) is 6.39. The molecule has 0 saturated carbocycles. The van der Waals surface area contributed by atoms with Gasteiger partial charge in [-0.25, -0.2) is 4.79 Å². The van der Waals surface area contributed by atoms with Crippen LogP contribution in [0.4, 0.5) is 8.78 Å². The van der Waals surface area contributed by atoms with E-state index in [0.717, 1.165) is 5.52 Å². The number of hydrogen-bond acceptors (Lipinski definition) is 4. The molecule has 0 unspecified atom stereocenters. The zero-order chi connectivity index (χ0) is 21.8. The summed E-state index contributed by atoms with van der Waals surface area (Å²) in [7, 11) is 3.27. The number of benzene rings is 2. The van der Waals surface area contributed by atoms with Crippen LogP contribution < -0.4 is 15.2 Å². The molecule has 0 N–H and O–H groups in total. The van der Waals surface area contributed by atoms with Gasteiger partial charge < -0.3 is 14.4 Å². The van der Waals surface area contributed by atoms with E-state index >= 15 is 0 Å². The lowest BCUT2D eigenvalue weighted by atomic mass is 10.2. The molecule has 0 saturated heterocycles. The number of hydrogen-bond donors (Lipinski definition) is 0. The molecule has 9 heteroatoms. The maximum Gasteiger partial charge on any atom is 0.387 e. The number of nitrogens with zero attached hydrogens (tertiary/aromatic N) is 3. The van der Waals surface area contributed by atoms with Crippen LogP contribution in [0.25, 0.3) is 11.0 Å². The highest BCUT2D eigenvalue weighted by molar-refractivity contribution is 5.80. The predicted molar refractivity (Wildman–Crippen MR) is 108 cm³/mol. The Hall–Kier alpha value is -3.36. The SMILES string of the molecule is CCOc1cc(CN(C)C(=O)Cn2c(=O)n(C)c3ccccc32)ccc1OC(F)F. The molecule has 0 radical (unpaired) electrons. The number of ether oxygens (including phenoxy) is 2. The van der Waals surface area contributed by atoms with E-state index in [4.69, 9.17) is 4.74 Å². The minimum absolute atomic E-state index is 0.0631. The van der Waals surface area contributed by atoms with Gasteiger partial charge >= 0.3 is 12.3 Å². The van der Waals surface area contributed by atoms with Crippen molar-refractivity contribution in [2.24, 2.45) is 7.05 Å². The molecule has 3 aromatic rings. The van der Waals surface area contributed by atoms with Crippen molar-refractivity contribution in [2.75, 3.05) is 13.7 Å². The highest BCUT2D eigenvalue weighted by atomic mass is 19.3. The lowest BCUT2D eigenvalue weighted by molar-refractivity contribution is -0.131. The van der Waals surface area contributed by atoms with Crippen LogP contribution in [-0.2, 0) is 24.9 Å². The Morgan fingerprint density at radius 1 is 1.13 bits per heavy atom. The Morgan fingerprint density at radius 2 is 1.83 bits per heavy atom. The maximum absolute atomic E-state index is 12.7. The quantitative estimate of drug-likeness (QED) is 0.563. The Balaban J connectivity index is 1.77. The molecule has 0 fully saturated rings. The number of para-hydroxylation sites is 2. The lowest BCUT2D eigenvalue weighted by Gasteiger charge is -2.19. The topological polar surface area (TPSA) is 65.7 Å². The number of carbonyl (C=O) groups is 1. The molecular formula is C21H23F2N3O4. The number of fused-ring (bicyclic) bond motifs is 1. The number of carbonyl (C=O) groups excluding carboxylic acids is 1. The van der Waals surface area contributed by atoms with Crippen molar-refractivity contribution >= 4 is 16.9 Å². The van der Waals surface area contributed by atoms with E-state index in [1.165, 1.54) is 20.1 Å². The fourth-order valence-corrected chi connectivity index (χ4v) is 3.25. The summed E-state index contributed by atoms with van der Waals surface area (Å²) < 4.78 is 37.9. The number of likely N-dealkylation sites (N-methyl/N-ethyl adjacent to an activating group) is 1. The zero-order valence-electron chi connectivity index (χ0n) is 17.0. The summed E-state index contributed by atoms with van der Waals surface area (Å²) in [6.45, 7) is -0.842. The van der Waals surface area contributed by atoms with Crippen molar-refractivity contribution in [3.05, 3.63) is 58.5 Å². The van der Waals surface area contributed by atoms with Gasteiger partial charge in [0.1, 0.15) is 6.54 Å². The molecule has 1 heterocycles. The van der Waals surface area contributed by atoms with E-state index in [0.29, 0.717) is 11.1 Å². The van der Waals surface area contributed by atoms with Gasteiger partial charge in [0.2, 0.25) is 5.91 Å². The van der Waals surface area contributed by atoms with Gasteiger partial charge in [-0.3, -0.25) is 13.9 Å². The molecule has 30 heavy (non-hydrogen) atoms. The fourth-order valence-electron chi connectivity index (χ4n) is 3.25. The summed E-state index contributed by atoms with van der Waals surface area (Å²) in [5.41, 5.74) is 1.83. The highest BCUT2D eigenvalue weighted by Crippen LogP contribution is 2.30. The van der Waals surface area contributed by atoms with E-state index in [9.17, 15) is 18.4 Å². The van der Waals surface area contributed by atoms with Crippen LogP contribution in [0.15, 0.2) is 47.3 Å². The van der Waals surface area contributed by atoms with Crippen LogP contribution in [0, 0.1) is 0 Å². The molecule has 0 atom stereocenters. The second-order valence-electron chi connectivity index (χ2n) is 6.76. The summed E-state index contributed by atoms with van der Waals surface area (Å²) >= 11 is 0. The second-order valence-corrected chi connectivity index (χ2v) is 6.76. The molecule has 0 aliphatic heterocycles. The van der Waals surface area contributed by atoms with Crippen LogP contribution in [0.5, 0.6) is 11.5 Å². The standard InChI is InChI=1S/C21H23F2N3O4/c1-4-29-18-11-14(9-10-17(18)30-20(22)23)12-24(2)19(27)13-26-16-8-6-5-7-15(16)25(3)21(26)28/h5-11,20H,4,12-13H2,1-3H3. The number of imidazole rings is 1. The zero-order valence-corrected chi connectivity index (χ0v) is 17.0. The first-order valence-electron chi connectivity index (χ1n) is 9.40. The van der Waals surface area contributed by atoms with Crippen LogP contribution in [0.2, 0.25) is 0 Å². The number of halogens is 2. The number of amides is 1. The normalized spacial score (nSPS) is 11.1. The van der Waals surface area contributed by atoms with Gasteiger partial charge in [0.05, 0.1) is 17.6 Å². The summed E-state index contributed by atoms with van der Waals surface area (Å²) in [5.74, 6) is -0.146. The first-order valence-corrected chi connectivity index (χ1v) is 9.40. The maximum atomic E-state index is 12.7. The van der Waals surface area contributed by atoms with Gasteiger partial charge in [0, 0.05) is 20.6 Å². The van der Waals surface area contributed by atoms with E-state index in [1.54, 1.807) is 39.2 Å². The number of aryl methyl sites for hydroxylation is 1. The monoisotopic (exact) mass is 419 g/mol. The molecule has 1 aromatic heterocycles. The van der Waals surface area contributed by atoms with Crippen molar-refractivity contribution in [3.63, 3.8) is 0 Å². The number of aromatic nitrogens is 2. The van der Waals surface area contributed by atoms with Crippen LogP contribution >= 0.6 is 0 Å². The van der Waals surface area contributed by atoms with Crippen LogP contribution in [-0.4, -0.2) is 40.2 Å². The van der Waals surface area contributed by atoms with Crippen molar-refractivity contribution in [3.8, 4) is 11.5 Å². The van der Waals surface area contributed by atoms with Crippen molar-refractivity contribution in [2.45, 2.75) is 26.6 Å². The molecular weight excluding hydrogens is 396 g/mol. The van der Waals surface area contributed by atoms with Gasteiger partial charge in [-0.1, -0.05) is 18.2 Å². The Morgan fingerprint density at radius 3 is 2.50 bits per heavy atom. The third-order valence-electron chi connectivity index (χ3n) is 4.71. The summed E-state index contributed by atoms with van der Waals surface area (Å²) in [6, 6.07) is 11.8. The molecule has 0 aliphatic rings. The van der Waals surface area contributed by atoms with Gasteiger partial charge in [0.15, 0.2) is 11.5 Å². The molecule has 3 rings (SSSR count). The van der Waals surface area contributed by atoms with Crippen LogP contribution in [0.3, 0.4) is 0 Å². The smallest absolute Gasteiger partial charge is 0.387 e. The molecule has 160 valence electrons. The Labute approximate surface area is 172 Å². The third-order valence-corrected chi connectivity index (χ3v) is 4.71. The van der Waals surface area contributed by atoms with E-state index in [-0.39, 0.29) is 42.8 Å². The first-order chi connectivity index (χ1) is 14.3. The summed E-state index contributed by atoms with van der Waals surface area (Å²) in [5, 5.41) is 0. The van der Waals surface area contributed by atoms with Crippen molar-refractivity contribution in [1.82, 2.24) is 14.0 Å². The highest BCUT2D eigenvalue weighted by Gasteiger charge is 2.17. The van der Waals surface area contributed by atoms with Gasteiger partial charge in [-0.05, 0) is 36.8 Å². The van der Waals surface area contributed by atoms with Crippen molar-refractivity contribution < 1.29 is 23.0 Å². The summed E-state index contributed by atoms with van der Waals surface area (Å²) in [4.78, 5) is 26.7. The minimum Gasteiger partial charge on any atom is -0.490 e. The molecule has 0 aliphatic carbocycles. The second kappa shape index (κ2) is 8.98. The van der Waals surface area contributed by atoms with Crippen LogP contribution in [0.1, 0.15) is 12.5 Å². The Bertz CT molecular complexity index is 1110. The van der Waals surface area contributed by atoms with Crippen molar-refractivity contribution in [1.29, 1.82) is 0 Å². The molecule has 7 nitrogen and oxygen atoms in total.